The second kappa shape index (κ2) is 8.17. The number of rotatable bonds is 8. The molecule has 0 aliphatic carbocycles. The Hall–Kier alpha value is -1.36. The molecule has 1 aromatic heterocycles. The van der Waals surface area contributed by atoms with Crippen LogP contribution in [-0.2, 0) is 4.79 Å². The van der Waals surface area contributed by atoms with Crippen molar-refractivity contribution >= 4 is 11.6 Å². The molecule has 1 unspecified atom stereocenters. The molecule has 0 aromatic carbocycles. The van der Waals surface area contributed by atoms with Crippen molar-refractivity contribution in [1.82, 2.24) is 9.78 Å². The van der Waals surface area contributed by atoms with Crippen molar-refractivity contribution < 1.29 is 4.79 Å². The van der Waals surface area contributed by atoms with Crippen LogP contribution in [0.1, 0.15) is 63.9 Å². The van der Waals surface area contributed by atoms with Crippen LogP contribution in [0.5, 0.6) is 0 Å². The number of aromatic nitrogens is 2. The molecule has 5 heteroatoms. The van der Waals surface area contributed by atoms with Crippen LogP contribution >= 0.6 is 0 Å². The van der Waals surface area contributed by atoms with Crippen LogP contribution in [0, 0.1) is 19.8 Å². The fraction of sp³-hybridized carbons (Fsp3) is 0.750. The van der Waals surface area contributed by atoms with Gasteiger partial charge in [0, 0.05) is 12.5 Å². The van der Waals surface area contributed by atoms with Crippen molar-refractivity contribution in [2.24, 2.45) is 11.7 Å². The maximum atomic E-state index is 12.1. The molecule has 0 fully saturated rings. The Labute approximate surface area is 128 Å². The molecule has 120 valence electrons. The summed E-state index contributed by atoms with van der Waals surface area (Å²) in [6.45, 7) is 11.0. The van der Waals surface area contributed by atoms with Crippen molar-refractivity contribution in [1.29, 1.82) is 0 Å². The standard InChI is InChI=1S/C16H30N4O/c1-6-14(9-10-17)7-8-15(21)18-16-12(4)19-20(11(2)3)13(16)5/h11,14H,6-10,17H2,1-5H3,(H,18,21). The monoisotopic (exact) mass is 294 g/mol. The first-order chi connectivity index (χ1) is 9.90. The first-order valence-electron chi connectivity index (χ1n) is 7.96. The van der Waals surface area contributed by atoms with Gasteiger partial charge in [-0.1, -0.05) is 13.3 Å². The Bertz CT molecular complexity index is 465. The highest BCUT2D eigenvalue weighted by Crippen LogP contribution is 2.23. The third-order valence-electron chi connectivity index (χ3n) is 4.01. The van der Waals surface area contributed by atoms with Crippen molar-refractivity contribution in [2.75, 3.05) is 11.9 Å². The van der Waals surface area contributed by atoms with Crippen LogP contribution in [0.15, 0.2) is 0 Å². The van der Waals surface area contributed by atoms with Crippen LogP contribution in [0.2, 0.25) is 0 Å². The summed E-state index contributed by atoms with van der Waals surface area (Å²) in [5, 5.41) is 7.51. The van der Waals surface area contributed by atoms with E-state index in [9.17, 15) is 4.79 Å². The van der Waals surface area contributed by atoms with E-state index < -0.39 is 0 Å². The van der Waals surface area contributed by atoms with Gasteiger partial charge in [0.05, 0.1) is 17.1 Å². The van der Waals surface area contributed by atoms with Gasteiger partial charge in [-0.25, -0.2) is 0 Å². The van der Waals surface area contributed by atoms with E-state index in [0.717, 1.165) is 36.3 Å². The molecule has 1 amide bonds. The molecule has 0 radical (unpaired) electrons. The molecule has 21 heavy (non-hydrogen) atoms. The topological polar surface area (TPSA) is 72.9 Å². The van der Waals surface area contributed by atoms with E-state index in [4.69, 9.17) is 5.73 Å². The Balaban J connectivity index is 2.63. The van der Waals surface area contributed by atoms with Crippen LogP contribution in [-0.4, -0.2) is 22.2 Å². The molecular weight excluding hydrogens is 264 g/mol. The van der Waals surface area contributed by atoms with Crippen LogP contribution in [0.4, 0.5) is 5.69 Å². The number of carbonyl (C=O) groups is 1. The molecule has 0 aliphatic rings. The molecule has 1 rings (SSSR count). The summed E-state index contributed by atoms with van der Waals surface area (Å²) in [4.78, 5) is 12.1. The third-order valence-corrected chi connectivity index (χ3v) is 4.01. The number of carbonyl (C=O) groups excluding carboxylic acids is 1. The van der Waals surface area contributed by atoms with Gasteiger partial charge < -0.3 is 11.1 Å². The minimum absolute atomic E-state index is 0.0694. The Morgan fingerprint density at radius 3 is 2.48 bits per heavy atom. The molecular formula is C16H30N4O. The number of hydrogen-bond acceptors (Lipinski definition) is 3. The number of anilines is 1. The van der Waals surface area contributed by atoms with Crippen LogP contribution < -0.4 is 11.1 Å². The molecule has 0 bridgehead atoms. The fourth-order valence-electron chi connectivity index (χ4n) is 2.67. The summed E-state index contributed by atoms with van der Waals surface area (Å²) in [5.74, 6) is 0.612. The number of aryl methyl sites for hydroxylation is 1. The van der Waals surface area contributed by atoms with E-state index >= 15 is 0 Å². The van der Waals surface area contributed by atoms with E-state index in [-0.39, 0.29) is 5.91 Å². The van der Waals surface area contributed by atoms with E-state index in [1.807, 2.05) is 18.5 Å². The summed E-state index contributed by atoms with van der Waals surface area (Å²) in [6.07, 6.45) is 3.52. The molecule has 1 atom stereocenters. The molecule has 0 saturated carbocycles. The maximum Gasteiger partial charge on any atom is 0.224 e. The molecule has 1 heterocycles. The lowest BCUT2D eigenvalue weighted by Gasteiger charge is -2.13. The number of hydrogen-bond donors (Lipinski definition) is 2. The second-order valence-corrected chi connectivity index (χ2v) is 6.02. The SMILES string of the molecule is CCC(CCN)CCC(=O)Nc1c(C)nn(C(C)C)c1C. The highest BCUT2D eigenvalue weighted by Gasteiger charge is 2.16. The van der Waals surface area contributed by atoms with Gasteiger partial charge in [-0.2, -0.15) is 5.10 Å². The quantitative estimate of drug-likeness (QED) is 0.773. The van der Waals surface area contributed by atoms with Crippen LogP contribution in [0.3, 0.4) is 0 Å². The zero-order valence-corrected chi connectivity index (χ0v) is 14.1. The highest BCUT2D eigenvalue weighted by atomic mass is 16.1. The lowest BCUT2D eigenvalue weighted by Crippen LogP contribution is -2.16. The average molecular weight is 294 g/mol. The van der Waals surface area contributed by atoms with E-state index in [1.54, 1.807) is 0 Å². The predicted octanol–water partition coefficient (Wildman–Crippen LogP) is 3.17. The largest absolute Gasteiger partial charge is 0.330 e. The van der Waals surface area contributed by atoms with Gasteiger partial charge in [0.15, 0.2) is 0 Å². The van der Waals surface area contributed by atoms with Gasteiger partial charge in [-0.05, 0) is 53.0 Å². The van der Waals surface area contributed by atoms with Gasteiger partial charge in [-0.15, -0.1) is 0 Å². The van der Waals surface area contributed by atoms with E-state index in [0.29, 0.717) is 24.9 Å². The number of nitrogens with two attached hydrogens (primary N) is 1. The van der Waals surface area contributed by atoms with Crippen molar-refractivity contribution in [3.8, 4) is 0 Å². The number of nitrogens with one attached hydrogen (secondary N) is 1. The maximum absolute atomic E-state index is 12.1. The van der Waals surface area contributed by atoms with Gasteiger partial charge in [-0.3, -0.25) is 9.48 Å². The summed E-state index contributed by atoms with van der Waals surface area (Å²) in [7, 11) is 0. The Kier molecular flexibility index (Phi) is 6.89. The Morgan fingerprint density at radius 2 is 2.00 bits per heavy atom. The molecule has 1 aromatic rings. The van der Waals surface area contributed by atoms with Gasteiger partial charge in [0.2, 0.25) is 5.91 Å². The first-order valence-corrected chi connectivity index (χ1v) is 7.96. The van der Waals surface area contributed by atoms with E-state index in [1.165, 1.54) is 0 Å². The molecule has 0 saturated heterocycles. The average Bonchev–Trinajstić information content (AvgIpc) is 2.71. The van der Waals surface area contributed by atoms with Crippen molar-refractivity contribution in [3.63, 3.8) is 0 Å². The molecule has 0 spiro atoms. The minimum Gasteiger partial charge on any atom is -0.330 e. The molecule has 3 N–H and O–H groups in total. The Morgan fingerprint density at radius 1 is 1.33 bits per heavy atom. The fourth-order valence-corrected chi connectivity index (χ4v) is 2.67. The molecule has 0 aliphatic heterocycles. The number of nitrogens with zero attached hydrogens (tertiary/aromatic N) is 2. The predicted molar refractivity (Wildman–Crippen MR) is 87.4 cm³/mol. The third kappa shape index (κ3) is 4.84. The van der Waals surface area contributed by atoms with Gasteiger partial charge in [0.25, 0.3) is 0 Å². The van der Waals surface area contributed by atoms with Crippen molar-refractivity contribution in [3.05, 3.63) is 11.4 Å². The lowest BCUT2D eigenvalue weighted by molar-refractivity contribution is -0.116. The molecule has 5 nitrogen and oxygen atoms in total. The second-order valence-electron chi connectivity index (χ2n) is 6.02. The minimum atomic E-state index is 0.0694. The first kappa shape index (κ1) is 17.7. The number of amides is 1. The zero-order chi connectivity index (χ0) is 16.0. The van der Waals surface area contributed by atoms with Crippen molar-refractivity contribution in [2.45, 2.75) is 66.3 Å². The summed E-state index contributed by atoms with van der Waals surface area (Å²) in [5.41, 5.74) is 8.35. The summed E-state index contributed by atoms with van der Waals surface area (Å²) in [6, 6.07) is 0.295. The van der Waals surface area contributed by atoms with Crippen LogP contribution in [0.25, 0.3) is 0 Å². The van der Waals surface area contributed by atoms with Gasteiger partial charge in [0.1, 0.15) is 0 Å². The zero-order valence-electron chi connectivity index (χ0n) is 14.1. The van der Waals surface area contributed by atoms with Gasteiger partial charge >= 0.3 is 0 Å². The highest BCUT2D eigenvalue weighted by molar-refractivity contribution is 5.91. The summed E-state index contributed by atoms with van der Waals surface area (Å²) < 4.78 is 1.95. The lowest BCUT2D eigenvalue weighted by atomic mass is 9.96. The normalized spacial score (nSPS) is 12.7. The van der Waals surface area contributed by atoms with E-state index in [2.05, 4.69) is 31.2 Å². The smallest absolute Gasteiger partial charge is 0.224 e. The summed E-state index contributed by atoms with van der Waals surface area (Å²) >= 11 is 0.